The molecule has 2 amide bonds. The minimum Gasteiger partial charge on any atom is -0.268 e. The van der Waals surface area contributed by atoms with E-state index in [-0.39, 0.29) is 0 Å². The van der Waals surface area contributed by atoms with Crippen molar-refractivity contribution in [3.8, 4) is 0 Å². The van der Waals surface area contributed by atoms with Gasteiger partial charge in [-0.2, -0.15) is 0 Å². The maximum absolute atomic E-state index is 12.0. The fourth-order valence-corrected chi connectivity index (χ4v) is 1.41. The van der Waals surface area contributed by atoms with E-state index >= 15 is 0 Å². The van der Waals surface area contributed by atoms with Gasteiger partial charge in [-0.25, -0.2) is 4.90 Å². The molecule has 2 aromatic rings. The van der Waals surface area contributed by atoms with Gasteiger partial charge in [-0.15, -0.1) is 0 Å². The molecular weight excluding hydrogens is 216 g/mol. The summed E-state index contributed by atoms with van der Waals surface area (Å²) in [5.74, 6) is -0.423. The van der Waals surface area contributed by atoms with Crippen molar-refractivity contribution in [3.63, 3.8) is 0 Å². The first-order valence-corrected chi connectivity index (χ1v) is 5.00. The average molecular weight is 225 g/mol. The molecule has 0 N–H and O–H groups in total. The number of imide groups is 1. The number of carbonyl (C=O) groups is 1. The Hall–Kier alpha value is -2.49. The molecule has 0 aliphatic heterocycles. The van der Waals surface area contributed by atoms with Crippen LogP contribution in [0.3, 0.4) is 0 Å². The molecule has 0 bridgehead atoms. The number of carbonyl (C=O) groups excluding carboxylic acids is 2. The molecule has 83 valence electrons. The Labute approximate surface area is 98.5 Å². The summed E-state index contributed by atoms with van der Waals surface area (Å²) in [6.07, 6.45) is 4.63. The van der Waals surface area contributed by atoms with E-state index in [1.54, 1.807) is 42.8 Å². The van der Waals surface area contributed by atoms with Crippen LogP contribution in [0.15, 0.2) is 54.9 Å². The Morgan fingerprint density at radius 1 is 1.06 bits per heavy atom. The molecule has 1 radical (unpaired) electrons. The number of hydrogen-bond acceptors (Lipinski definition) is 3. The van der Waals surface area contributed by atoms with Crippen LogP contribution in [0, 0.1) is 0 Å². The first-order chi connectivity index (χ1) is 8.33. The second-order valence-corrected chi connectivity index (χ2v) is 3.30. The second kappa shape index (κ2) is 5.03. The van der Waals surface area contributed by atoms with E-state index in [9.17, 15) is 9.59 Å². The van der Waals surface area contributed by atoms with E-state index in [2.05, 4.69) is 4.98 Å². The zero-order valence-corrected chi connectivity index (χ0v) is 8.91. The van der Waals surface area contributed by atoms with Crippen LogP contribution in [0.1, 0.15) is 10.4 Å². The van der Waals surface area contributed by atoms with Gasteiger partial charge in [0.05, 0.1) is 5.69 Å². The standard InChI is InChI=1S/C13H9N2O2/c16-10-15(12-4-2-1-3-5-12)13(17)11-6-8-14-9-7-11/h1-9H. The molecule has 0 aliphatic carbocycles. The molecule has 1 aromatic heterocycles. The highest BCUT2D eigenvalue weighted by Crippen LogP contribution is 2.14. The molecule has 0 spiro atoms. The predicted octanol–water partition coefficient (Wildman–Crippen LogP) is 1.80. The maximum Gasteiger partial charge on any atom is 0.324 e. The lowest BCUT2D eigenvalue weighted by atomic mass is 10.2. The predicted molar refractivity (Wildman–Crippen MR) is 63.2 cm³/mol. The van der Waals surface area contributed by atoms with Crippen molar-refractivity contribution in [1.29, 1.82) is 0 Å². The average Bonchev–Trinajstić information content (AvgIpc) is 2.42. The van der Waals surface area contributed by atoms with Gasteiger partial charge in [-0.1, -0.05) is 18.2 Å². The lowest BCUT2D eigenvalue weighted by Crippen LogP contribution is -2.29. The maximum atomic E-state index is 12.0. The van der Waals surface area contributed by atoms with E-state index in [0.717, 1.165) is 4.90 Å². The molecule has 4 nitrogen and oxygen atoms in total. The van der Waals surface area contributed by atoms with Crippen LogP contribution in [-0.4, -0.2) is 17.3 Å². The first-order valence-electron chi connectivity index (χ1n) is 5.00. The van der Waals surface area contributed by atoms with E-state index in [1.165, 1.54) is 12.4 Å². The molecule has 0 unspecified atom stereocenters. The van der Waals surface area contributed by atoms with Crippen molar-refractivity contribution in [2.45, 2.75) is 0 Å². The Bertz CT molecular complexity index is 511. The fourth-order valence-electron chi connectivity index (χ4n) is 1.41. The van der Waals surface area contributed by atoms with Gasteiger partial charge in [-0.3, -0.25) is 14.6 Å². The third kappa shape index (κ3) is 2.36. The van der Waals surface area contributed by atoms with E-state index in [4.69, 9.17) is 0 Å². The van der Waals surface area contributed by atoms with Crippen molar-refractivity contribution in [2.75, 3.05) is 4.90 Å². The number of aromatic nitrogens is 1. The summed E-state index contributed by atoms with van der Waals surface area (Å²) < 4.78 is 0. The monoisotopic (exact) mass is 225 g/mol. The number of anilines is 1. The molecule has 17 heavy (non-hydrogen) atoms. The summed E-state index contributed by atoms with van der Waals surface area (Å²) in [4.78, 5) is 27.7. The van der Waals surface area contributed by atoms with Crippen molar-refractivity contribution >= 4 is 18.0 Å². The Kier molecular flexibility index (Phi) is 3.25. The summed E-state index contributed by atoms with van der Waals surface area (Å²) in [6, 6.07) is 11.8. The Morgan fingerprint density at radius 3 is 2.29 bits per heavy atom. The summed E-state index contributed by atoms with van der Waals surface area (Å²) in [6.45, 7) is 0. The van der Waals surface area contributed by atoms with Crippen LogP contribution in [0.25, 0.3) is 0 Å². The molecule has 0 atom stereocenters. The number of rotatable bonds is 3. The molecule has 0 saturated heterocycles. The van der Waals surface area contributed by atoms with Gasteiger partial charge in [0.1, 0.15) is 0 Å². The fraction of sp³-hybridized carbons (Fsp3) is 0. The Morgan fingerprint density at radius 2 is 1.71 bits per heavy atom. The van der Waals surface area contributed by atoms with Gasteiger partial charge in [0.15, 0.2) is 0 Å². The number of hydrogen-bond donors (Lipinski definition) is 0. The molecular formula is C13H9N2O2. The Balaban J connectivity index is 2.32. The van der Waals surface area contributed by atoms with Gasteiger partial charge in [0, 0.05) is 18.0 Å². The van der Waals surface area contributed by atoms with Crippen LogP contribution >= 0.6 is 0 Å². The van der Waals surface area contributed by atoms with Crippen molar-refractivity contribution in [2.24, 2.45) is 0 Å². The normalized spacial score (nSPS) is 9.65. The van der Waals surface area contributed by atoms with Crippen molar-refractivity contribution < 1.29 is 9.59 Å². The topological polar surface area (TPSA) is 50.3 Å². The highest BCUT2D eigenvalue weighted by Gasteiger charge is 2.17. The van der Waals surface area contributed by atoms with Crippen LogP contribution < -0.4 is 4.90 Å². The summed E-state index contributed by atoms with van der Waals surface area (Å²) in [7, 11) is 0. The van der Waals surface area contributed by atoms with Crippen LogP contribution in [0.4, 0.5) is 5.69 Å². The summed E-state index contributed by atoms with van der Waals surface area (Å²) >= 11 is 0. The molecule has 0 fully saturated rings. The van der Waals surface area contributed by atoms with Gasteiger partial charge in [0.2, 0.25) is 0 Å². The van der Waals surface area contributed by atoms with Crippen LogP contribution in [0.2, 0.25) is 0 Å². The smallest absolute Gasteiger partial charge is 0.268 e. The van der Waals surface area contributed by atoms with Crippen molar-refractivity contribution in [1.82, 2.24) is 4.98 Å². The number of pyridine rings is 1. The highest BCUT2D eigenvalue weighted by atomic mass is 16.2. The molecule has 4 heteroatoms. The van der Waals surface area contributed by atoms with Crippen LogP contribution in [0.5, 0.6) is 0 Å². The third-order valence-electron chi connectivity index (χ3n) is 2.24. The molecule has 1 heterocycles. The molecule has 2 rings (SSSR count). The van der Waals surface area contributed by atoms with Crippen molar-refractivity contribution in [3.05, 3.63) is 60.4 Å². The first kappa shape index (κ1) is 11.0. The quantitative estimate of drug-likeness (QED) is 0.748. The largest absolute Gasteiger partial charge is 0.324 e. The van der Waals surface area contributed by atoms with Gasteiger partial charge >= 0.3 is 6.41 Å². The van der Waals surface area contributed by atoms with Crippen LogP contribution in [-0.2, 0) is 4.79 Å². The zero-order valence-electron chi connectivity index (χ0n) is 8.91. The SMILES string of the molecule is O=[C]N(C(=O)c1ccncc1)c1ccccc1. The molecule has 0 saturated carbocycles. The zero-order chi connectivity index (χ0) is 12.1. The second-order valence-electron chi connectivity index (χ2n) is 3.30. The van der Waals surface area contributed by atoms with E-state index in [1.807, 2.05) is 6.07 Å². The number of benzene rings is 1. The summed E-state index contributed by atoms with van der Waals surface area (Å²) in [5, 5.41) is 0. The molecule has 0 aliphatic rings. The highest BCUT2D eigenvalue weighted by molar-refractivity contribution is 6.15. The van der Waals surface area contributed by atoms with Gasteiger partial charge in [-0.05, 0) is 24.3 Å². The minimum absolute atomic E-state index is 0.396. The van der Waals surface area contributed by atoms with Gasteiger partial charge in [0.25, 0.3) is 5.91 Å². The third-order valence-corrected chi connectivity index (χ3v) is 2.24. The number of nitrogens with zero attached hydrogens (tertiary/aromatic N) is 2. The lowest BCUT2D eigenvalue weighted by Gasteiger charge is -2.13. The molecule has 1 aromatic carbocycles. The number of amides is 2. The number of para-hydroxylation sites is 1. The lowest BCUT2D eigenvalue weighted by molar-refractivity contribution is 0.100. The van der Waals surface area contributed by atoms with E-state index < -0.39 is 5.91 Å². The minimum atomic E-state index is -0.423. The van der Waals surface area contributed by atoms with E-state index in [0.29, 0.717) is 11.3 Å². The van der Waals surface area contributed by atoms with Gasteiger partial charge < -0.3 is 0 Å². The summed E-state index contributed by atoms with van der Waals surface area (Å²) in [5.41, 5.74) is 0.886.